The number of carbonyl (C=O) groups excluding carboxylic acids is 1. The molecule has 0 unspecified atom stereocenters. The largest absolute Gasteiger partial charge is 1.00 e. The molecular formula is C35H39N10NaO5. The molecule has 2 aliphatic rings. The van der Waals surface area contributed by atoms with E-state index in [-0.39, 0.29) is 60.4 Å². The summed E-state index contributed by atoms with van der Waals surface area (Å²) in [5.74, 6) is -0.112. The monoisotopic (exact) mass is 702 g/mol. The van der Waals surface area contributed by atoms with Gasteiger partial charge in [-0.1, -0.05) is 31.7 Å². The Kier molecular flexibility index (Phi) is 12.3. The summed E-state index contributed by atoms with van der Waals surface area (Å²) in [5, 5.41) is 30.5. The molecule has 260 valence electrons. The Balaban J connectivity index is 0.000000217. The first-order chi connectivity index (χ1) is 23.3. The molecule has 0 atom stereocenters. The van der Waals surface area contributed by atoms with Crippen LogP contribution in [0.2, 0.25) is 0 Å². The fraction of sp³-hybridized carbons (Fsp3) is 0.257. The van der Waals surface area contributed by atoms with Gasteiger partial charge in [0.15, 0.2) is 11.3 Å². The fourth-order valence-corrected chi connectivity index (χ4v) is 6.37. The number of pyridine rings is 2. The number of rotatable bonds is 7. The number of aryl methyl sites for hydroxylation is 2. The number of aromatic amines is 2. The van der Waals surface area contributed by atoms with Crippen molar-refractivity contribution in [1.29, 1.82) is 0 Å². The molecule has 6 aromatic rings. The van der Waals surface area contributed by atoms with Crippen LogP contribution in [0.4, 0.5) is 34.6 Å². The predicted molar refractivity (Wildman–Crippen MR) is 192 cm³/mol. The van der Waals surface area contributed by atoms with E-state index in [9.17, 15) is 14.7 Å². The van der Waals surface area contributed by atoms with E-state index in [1.54, 1.807) is 13.0 Å². The van der Waals surface area contributed by atoms with Crippen LogP contribution in [-0.2, 0) is 30.4 Å². The van der Waals surface area contributed by atoms with Crippen molar-refractivity contribution in [2.45, 2.75) is 52.9 Å². The first-order valence-electron chi connectivity index (χ1n) is 15.8. The van der Waals surface area contributed by atoms with Crippen molar-refractivity contribution in [1.82, 2.24) is 30.4 Å². The molecule has 0 fully saturated rings. The number of esters is 1. The van der Waals surface area contributed by atoms with Crippen molar-refractivity contribution in [2.24, 2.45) is 0 Å². The third-order valence-electron chi connectivity index (χ3n) is 8.67. The van der Waals surface area contributed by atoms with Crippen molar-refractivity contribution >= 4 is 68.7 Å². The number of aromatic carboxylic acids is 1. The first-order valence-corrected chi connectivity index (χ1v) is 15.8. The normalized spacial score (nSPS) is 12.3. The number of nitrogens with two attached hydrogens (primary N) is 2. The maximum absolute atomic E-state index is 12.4. The van der Waals surface area contributed by atoms with Crippen LogP contribution in [-0.4, -0.2) is 59.5 Å². The fourth-order valence-electron chi connectivity index (χ4n) is 6.37. The zero-order chi connectivity index (χ0) is 33.4. The van der Waals surface area contributed by atoms with E-state index in [0.29, 0.717) is 45.1 Å². The average molecular weight is 703 g/mol. The van der Waals surface area contributed by atoms with E-state index in [1.807, 2.05) is 24.3 Å². The summed E-state index contributed by atoms with van der Waals surface area (Å²) in [6.07, 6.45) is 6.39. The maximum Gasteiger partial charge on any atom is 1.00 e. The number of carbonyl (C=O) groups is 2. The third-order valence-corrected chi connectivity index (χ3v) is 8.67. The molecule has 15 nitrogen and oxygen atoms in total. The summed E-state index contributed by atoms with van der Waals surface area (Å²) in [4.78, 5) is 32.8. The van der Waals surface area contributed by atoms with Gasteiger partial charge in [0.2, 0.25) is 0 Å². The number of nitrogen functional groups attached to an aromatic ring is 2. The van der Waals surface area contributed by atoms with Gasteiger partial charge < -0.3 is 37.4 Å². The van der Waals surface area contributed by atoms with E-state index >= 15 is 0 Å². The Hall–Kier alpha value is -5.22. The molecule has 0 saturated carbocycles. The second kappa shape index (κ2) is 16.2. The Morgan fingerprint density at radius 1 is 0.804 bits per heavy atom. The van der Waals surface area contributed by atoms with Crippen LogP contribution in [0.3, 0.4) is 0 Å². The molecule has 4 aromatic heterocycles. The zero-order valence-corrected chi connectivity index (χ0v) is 29.6. The number of carboxylic acid groups (broad SMARTS) is 1. The number of H-pyrrole nitrogens is 2. The average Bonchev–Trinajstić information content (AvgIpc) is 3.89. The SMILES string of the molecule is C.CCOC(=O)c1cc2c(N)[nH]nc2nc1Nc1cccc2c1CCC2.Nc1[nH]nc2nc(Nc3cccc4c3CCC4)c(C(=O)O)cc12.[Na+].[OH-]. The zero-order valence-electron chi connectivity index (χ0n) is 27.6. The maximum atomic E-state index is 12.4. The van der Waals surface area contributed by atoms with Crippen molar-refractivity contribution in [3.8, 4) is 0 Å². The number of aromatic nitrogens is 6. The molecule has 51 heavy (non-hydrogen) atoms. The summed E-state index contributed by atoms with van der Waals surface area (Å²) in [7, 11) is 0. The third kappa shape index (κ3) is 7.61. The van der Waals surface area contributed by atoms with Crippen molar-refractivity contribution in [2.75, 3.05) is 28.7 Å². The van der Waals surface area contributed by atoms with Crippen LogP contribution in [0.25, 0.3) is 22.1 Å². The molecule has 4 heterocycles. The summed E-state index contributed by atoms with van der Waals surface area (Å²) < 4.78 is 5.17. The molecule has 2 aromatic carbocycles. The second-order valence-electron chi connectivity index (χ2n) is 11.7. The van der Waals surface area contributed by atoms with Gasteiger partial charge in [-0.05, 0) is 92.0 Å². The smallest absolute Gasteiger partial charge is 0.870 e. The molecule has 8 rings (SSSR count). The predicted octanol–water partition coefficient (Wildman–Crippen LogP) is 2.88. The number of carboxylic acids is 1. The number of anilines is 6. The van der Waals surface area contributed by atoms with Crippen LogP contribution >= 0.6 is 0 Å². The van der Waals surface area contributed by atoms with Crippen molar-refractivity contribution in [3.05, 3.63) is 81.9 Å². The molecule has 0 spiro atoms. The quantitative estimate of drug-likeness (QED) is 0.0934. The molecule has 10 N–H and O–H groups in total. The molecule has 0 bridgehead atoms. The number of nitrogens with one attached hydrogen (secondary N) is 4. The van der Waals surface area contributed by atoms with Gasteiger partial charge in [-0.15, -0.1) is 0 Å². The molecule has 0 aliphatic heterocycles. The Bertz CT molecular complexity index is 2220. The Labute approximate surface area is 315 Å². The number of hydrogen-bond acceptors (Lipinski definition) is 12. The molecule has 0 radical (unpaired) electrons. The standard InChI is InChI=1S/C18H19N5O2.C16H15N5O2.CH4.Na.H2O/c1-2-25-18(24)13-9-12-15(19)22-23-17(12)21-16(13)20-14-8-4-6-10-5-3-7-11(10)14;17-13-10-7-11(16(22)23)14(19-15(10)21-20-13)18-12-6-2-4-8-3-1-5-9(8)12;;;/h4,6,8-9H,2-3,5,7H2,1H3,(H4,19,20,21,22,23);2,4,6-7H,1,3,5H2,(H,22,23)(H4,17,18,19,20,21);1H4;;1H2/q;;;+1;/p-1. The molecule has 0 amide bonds. The van der Waals surface area contributed by atoms with Crippen molar-refractivity contribution < 1.29 is 54.5 Å². The van der Waals surface area contributed by atoms with Gasteiger partial charge in [0.05, 0.1) is 17.4 Å². The molecule has 0 saturated heterocycles. The van der Waals surface area contributed by atoms with E-state index < -0.39 is 11.9 Å². The van der Waals surface area contributed by atoms with Crippen LogP contribution in [0.15, 0.2) is 48.5 Å². The van der Waals surface area contributed by atoms with Gasteiger partial charge in [-0.25, -0.2) is 19.6 Å². The molecular weight excluding hydrogens is 663 g/mol. The second-order valence-corrected chi connectivity index (χ2v) is 11.7. The minimum Gasteiger partial charge on any atom is -0.870 e. The van der Waals surface area contributed by atoms with E-state index in [1.165, 1.54) is 28.3 Å². The van der Waals surface area contributed by atoms with Gasteiger partial charge in [0, 0.05) is 11.4 Å². The summed E-state index contributed by atoms with van der Waals surface area (Å²) in [6.45, 7) is 2.06. The van der Waals surface area contributed by atoms with Gasteiger partial charge >= 0.3 is 41.5 Å². The summed E-state index contributed by atoms with van der Waals surface area (Å²) in [5.41, 5.74) is 19.9. The van der Waals surface area contributed by atoms with E-state index in [0.717, 1.165) is 49.9 Å². The Morgan fingerprint density at radius 2 is 1.27 bits per heavy atom. The van der Waals surface area contributed by atoms with Gasteiger partial charge in [-0.3, -0.25) is 10.2 Å². The summed E-state index contributed by atoms with van der Waals surface area (Å²) in [6, 6.07) is 15.4. The van der Waals surface area contributed by atoms with Gasteiger partial charge in [0.25, 0.3) is 0 Å². The van der Waals surface area contributed by atoms with E-state index in [2.05, 4.69) is 53.1 Å². The first kappa shape index (κ1) is 38.6. The van der Waals surface area contributed by atoms with Crippen LogP contribution in [0.1, 0.15) is 70.2 Å². The Morgan fingerprint density at radius 3 is 1.75 bits per heavy atom. The van der Waals surface area contributed by atoms with Gasteiger partial charge in [-0.2, -0.15) is 10.2 Å². The van der Waals surface area contributed by atoms with Crippen LogP contribution < -0.4 is 51.7 Å². The number of benzene rings is 2. The minimum absolute atomic E-state index is 0. The molecule has 16 heteroatoms. The number of hydrogen-bond donors (Lipinski definition) is 7. The van der Waals surface area contributed by atoms with Crippen LogP contribution in [0.5, 0.6) is 0 Å². The van der Waals surface area contributed by atoms with Crippen molar-refractivity contribution in [3.63, 3.8) is 0 Å². The number of fused-ring (bicyclic) bond motifs is 4. The number of nitrogens with zero attached hydrogens (tertiary/aromatic N) is 4. The number of ether oxygens (including phenoxy) is 1. The summed E-state index contributed by atoms with van der Waals surface area (Å²) >= 11 is 0. The van der Waals surface area contributed by atoms with Gasteiger partial charge in [0.1, 0.15) is 34.4 Å². The topological polar surface area (TPSA) is 253 Å². The minimum atomic E-state index is -1.06. The van der Waals surface area contributed by atoms with Crippen LogP contribution in [0, 0.1) is 0 Å². The van der Waals surface area contributed by atoms with E-state index in [4.69, 9.17) is 16.2 Å². The molecule has 2 aliphatic carbocycles.